The molecular weight excluding hydrogens is 242 g/mol. The average Bonchev–Trinajstić information content (AvgIpc) is 2.37. The van der Waals surface area contributed by atoms with Gasteiger partial charge in [-0.2, -0.15) is 0 Å². The first-order valence-electron chi connectivity index (χ1n) is 5.84. The Labute approximate surface area is 111 Å². The number of carboxylic acids is 1. The second-order valence-electron chi connectivity index (χ2n) is 4.31. The number of carbonyl (C=O) groups is 1. The fraction of sp³-hybridized carbons (Fsp3) is 0.143. The molecule has 0 aliphatic carbocycles. The van der Waals surface area contributed by atoms with Crippen molar-refractivity contribution in [3.05, 3.63) is 53.2 Å². The zero-order valence-electron chi connectivity index (χ0n) is 10.6. The number of nitrogens with two attached hydrogens (primary N) is 1. The van der Waals surface area contributed by atoms with Gasteiger partial charge in [0.15, 0.2) is 0 Å². The second-order valence-corrected chi connectivity index (χ2v) is 4.31. The third kappa shape index (κ3) is 3.22. The topological polar surface area (TPSA) is 88.2 Å². The van der Waals surface area contributed by atoms with Gasteiger partial charge in [0.25, 0.3) is 0 Å². The molecule has 4 N–H and O–H groups in total. The van der Waals surface area contributed by atoms with Crippen molar-refractivity contribution in [2.75, 3.05) is 11.1 Å². The molecule has 0 amide bonds. The van der Waals surface area contributed by atoms with E-state index in [1.165, 1.54) is 17.8 Å². The van der Waals surface area contributed by atoms with Gasteiger partial charge in [0.1, 0.15) is 5.82 Å². The normalized spacial score (nSPS) is 10.2. The lowest BCUT2D eigenvalue weighted by atomic mass is 10.1. The highest BCUT2D eigenvalue weighted by atomic mass is 16.4. The molecule has 2 aromatic rings. The highest BCUT2D eigenvalue weighted by Gasteiger charge is 2.07. The summed E-state index contributed by atoms with van der Waals surface area (Å²) in [5, 5.41) is 11.9. The fourth-order valence-electron chi connectivity index (χ4n) is 1.75. The van der Waals surface area contributed by atoms with Crippen LogP contribution in [0.1, 0.15) is 21.5 Å². The van der Waals surface area contributed by atoms with Gasteiger partial charge in [0, 0.05) is 12.7 Å². The van der Waals surface area contributed by atoms with Gasteiger partial charge in [-0.1, -0.05) is 29.8 Å². The van der Waals surface area contributed by atoms with Gasteiger partial charge in [-0.25, -0.2) is 9.78 Å². The minimum absolute atomic E-state index is 0.0820. The maximum absolute atomic E-state index is 10.8. The Bertz CT molecular complexity index is 611. The number of pyridine rings is 1. The molecule has 5 nitrogen and oxygen atoms in total. The van der Waals surface area contributed by atoms with Crippen molar-refractivity contribution >= 4 is 17.5 Å². The summed E-state index contributed by atoms with van der Waals surface area (Å²) in [5.74, 6) is -0.545. The average molecular weight is 257 g/mol. The number of rotatable bonds is 4. The summed E-state index contributed by atoms with van der Waals surface area (Å²) in [6, 6.07) is 9.47. The number of nitrogen functional groups attached to an aromatic ring is 1. The number of aryl methyl sites for hydroxylation is 1. The van der Waals surface area contributed by atoms with E-state index in [4.69, 9.17) is 10.8 Å². The van der Waals surface area contributed by atoms with Crippen LogP contribution in [0.3, 0.4) is 0 Å². The molecule has 0 bridgehead atoms. The van der Waals surface area contributed by atoms with Gasteiger partial charge in [-0.3, -0.25) is 0 Å². The first-order valence-corrected chi connectivity index (χ1v) is 5.84. The van der Waals surface area contributed by atoms with E-state index < -0.39 is 5.97 Å². The third-order valence-corrected chi connectivity index (χ3v) is 2.71. The number of hydrogen-bond donors (Lipinski definition) is 3. The van der Waals surface area contributed by atoms with Gasteiger partial charge >= 0.3 is 5.97 Å². The van der Waals surface area contributed by atoms with Crippen molar-refractivity contribution in [3.63, 3.8) is 0 Å². The van der Waals surface area contributed by atoms with Crippen LogP contribution in [0.2, 0.25) is 0 Å². The van der Waals surface area contributed by atoms with Crippen molar-refractivity contribution < 1.29 is 9.90 Å². The lowest BCUT2D eigenvalue weighted by Gasteiger charge is -2.09. The molecule has 0 aliphatic rings. The number of anilines is 2. The highest BCUT2D eigenvalue weighted by molar-refractivity contribution is 5.89. The van der Waals surface area contributed by atoms with Crippen molar-refractivity contribution in [1.29, 1.82) is 0 Å². The van der Waals surface area contributed by atoms with Crippen molar-refractivity contribution in [2.45, 2.75) is 13.5 Å². The number of aromatic carboxylic acids is 1. The molecule has 0 fully saturated rings. The zero-order valence-corrected chi connectivity index (χ0v) is 10.6. The summed E-state index contributed by atoms with van der Waals surface area (Å²) in [5.41, 5.74) is 8.47. The van der Waals surface area contributed by atoms with Gasteiger partial charge < -0.3 is 16.2 Å². The first-order chi connectivity index (χ1) is 9.06. The third-order valence-electron chi connectivity index (χ3n) is 2.71. The Hall–Kier alpha value is -2.56. The molecule has 98 valence electrons. The Kier molecular flexibility index (Phi) is 3.66. The quantitative estimate of drug-likeness (QED) is 0.782. The summed E-state index contributed by atoms with van der Waals surface area (Å²) in [6.07, 6.45) is 1.29. The summed E-state index contributed by atoms with van der Waals surface area (Å²) < 4.78 is 0. The number of nitrogens with one attached hydrogen (secondary N) is 1. The fourth-order valence-corrected chi connectivity index (χ4v) is 1.75. The Balaban J connectivity index is 2.10. The summed E-state index contributed by atoms with van der Waals surface area (Å²) in [7, 11) is 0. The molecule has 0 radical (unpaired) electrons. The lowest BCUT2D eigenvalue weighted by Crippen LogP contribution is -2.07. The van der Waals surface area contributed by atoms with Crippen LogP contribution in [0, 0.1) is 6.92 Å². The van der Waals surface area contributed by atoms with Crippen LogP contribution in [0.25, 0.3) is 0 Å². The SMILES string of the molecule is Cc1cccc(CNc2ncc(C(=O)O)cc2N)c1. The van der Waals surface area contributed by atoms with Gasteiger partial charge in [0.05, 0.1) is 11.3 Å². The van der Waals surface area contributed by atoms with E-state index in [0.717, 1.165) is 5.56 Å². The van der Waals surface area contributed by atoms with E-state index >= 15 is 0 Å². The molecule has 1 aromatic heterocycles. The van der Waals surface area contributed by atoms with Crippen LogP contribution in [0.5, 0.6) is 0 Å². The number of aromatic nitrogens is 1. The molecular formula is C14H15N3O2. The zero-order chi connectivity index (χ0) is 13.8. The van der Waals surface area contributed by atoms with E-state index in [-0.39, 0.29) is 5.56 Å². The second kappa shape index (κ2) is 5.39. The number of carboxylic acid groups (broad SMARTS) is 1. The van der Waals surface area contributed by atoms with Crippen LogP contribution in [0.15, 0.2) is 36.5 Å². The minimum Gasteiger partial charge on any atom is -0.478 e. The number of nitrogens with zero attached hydrogens (tertiary/aromatic N) is 1. The van der Waals surface area contributed by atoms with Crippen molar-refractivity contribution in [3.8, 4) is 0 Å². The van der Waals surface area contributed by atoms with Gasteiger partial charge in [0.2, 0.25) is 0 Å². The molecule has 0 unspecified atom stereocenters. The molecule has 0 aliphatic heterocycles. The molecule has 19 heavy (non-hydrogen) atoms. The highest BCUT2D eigenvalue weighted by Crippen LogP contribution is 2.17. The van der Waals surface area contributed by atoms with Crippen molar-refractivity contribution in [2.24, 2.45) is 0 Å². The van der Waals surface area contributed by atoms with Crippen LogP contribution in [-0.4, -0.2) is 16.1 Å². The van der Waals surface area contributed by atoms with Crippen molar-refractivity contribution in [1.82, 2.24) is 4.98 Å². The van der Waals surface area contributed by atoms with E-state index in [0.29, 0.717) is 18.1 Å². The Morgan fingerprint density at radius 3 is 2.84 bits per heavy atom. The maximum Gasteiger partial charge on any atom is 0.337 e. The van der Waals surface area contributed by atoms with Crippen LogP contribution in [-0.2, 0) is 6.54 Å². The van der Waals surface area contributed by atoms with E-state index in [1.54, 1.807) is 0 Å². The predicted octanol–water partition coefficient (Wildman–Crippen LogP) is 2.28. The smallest absolute Gasteiger partial charge is 0.337 e. The molecule has 5 heteroatoms. The standard InChI is InChI=1S/C14H15N3O2/c1-9-3-2-4-10(5-9)7-16-13-12(15)6-11(8-17-13)14(18)19/h2-6,8H,7,15H2,1H3,(H,16,17)(H,18,19). The molecule has 1 aromatic carbocycles. The van der Waals surface area contributed by atoms with Gasteiger partial charge in [-0.15, -0.1) is 0 Å². The Morgan fingerprint density at radius 1 is 1.42 bits per heavy atom. The van der Waals surface area contributed by atoms with Gasteiger partial charge in [-0.05, 0) is 18.6 Å². The summed E-state index contributed by atoms with van der Waals surface area (Å²) >= 11 is 0. The van der Waals surface area contributed by atoms with Crippen LogP contribution < -0.4 is 11.1 Å². The monoisotopic (exact) mass is 257 g/mol. The molecule has 1 heterocycles. The number of benzene rings is 1. The maximum atomic E-state index is 10.8. The summed E-state index contributed by atoms with van der Waals surface area (Å²) in [4.78, 5) is 14.8. The predicted molar refractivity (Wildman–Crippen MR) is 74.1 cm³/mol. The summed E-state index contributed by atoms with van der Waals surface area (Å²) in [6.45, 7) is 2.61. The molecule has 2 rings (SSSR count). The van der Waals surface area contributed by atoms with E-state index in [2.05, 4.69) is 16.4 Å². The van der Waals surface area contributed by atoms with E-state index in [1.807, 2.05) is 25.1 Å². The molecule has 0 saturated carbocycles. The number of hydrogen-bond acceptors (Lipinski definition) is 4. The largest absolute Gasteiger partial charge is 0.478 e. The first kappa shape index (κ1) is 12.9. The molecule has 0 saturated heterocycles. The molecule has 0 spiro atoms. The Morgan fingerprint density at radius 2 is 2.21 bits per heavy atom. The van der Waals surface area contributed by atoms with Crippen LogP contribution >= 0.6 is 0 Å². The van der Waals surface area contributed by atoms with E-state index in [9.17, 15) is 4.79 Å². The van der Waals surface area contributed by atoms with Crippen LogP contribution in [0.4, 0.5) is 11.5 Å². The molecule has 0 atom stereocenters. The minimum atomic E-state index is -1.04. The lowest BCUT2D eigenvalue weighted by molar-refractivity contribution is 0.0696.